The van der Waals surface area contributed by atoms with Crippen LogP contribution in [0.1, 0.15) is 12.2 Å². The minimum absolute atomic E-state index is 0.618. The van der Waals surface area contributed by atoms with Crippen molar-refractivity contribution >= 4 is 5.96 Å². The number of hydrogen-bond donors (Lipinski definition) is 2. The highest BCUT2D eigenvalue weighted by molar-refractivity contribution is 5.79. The minimum atomic E-state index is 0.618. The second-order valence-electron chi connectivity index (χ2n) is 4.45. The van der Waals surface area contributed by atoms with Gasteiger partial charge in [-0.2, -0.15) is 0 Å². The van der Waals surface area contributed by atoms with Crippen molar-refractivity contribution < 1.29 is 9.15 Å². The van der Waals surface area contributed by atoms with Crippen molar-refractivity contribution in [3.63, 3.8) is 0 Å². The van der Waals surface area contributed by atoms with Crippen LogP contribution < -0.4 is 15.4 Å². The standard InChI is InChI=1S/C16H21N3O2/c1-17-16(19-13-15-9-5-11-21-15)18-10-6-12-20-14-7-3-2-4-8-14/h2-5,7-9,11H,6,10,12-13H2,1H3,(H2,17,18,19). The number of nitrogens with zero attached hydrogens (tertiary/aromatic N) is 1. The number of aliphatic imine (C=N–C) groups is 1. The van der Waals surface area contributed by atoms with Crippen LogP contribution in [0.2, 0.25) is 0 Å². The van der Waals surface area contributed by atoms with E-state index in [4.69, 9.17) is 9.15 Å². The van der Waals surface area contributed by atoms with Crippen molar-refractivity contribution in [2.24, 2.45) is 4.99 Å². The molecule has 0 fully saturated rings. The second-order valence-corrected chi connectivity index (χ2v) is 4.45. The summed E-state index contributed by atoms with van der Waals surface area (Å²) in [6, 6.07) is 13.6. The molecule has 2 rings (SSSR count). The number of rotatable bonds is 7. The Kier molecular flexibility index (Phi) is 6.19. The average molecular weight is 287 g/mol. The molecule has 1 aromatic carbocycles. The first kappa shape index (κ1) is 15.0. The number of ether oxygens (including phenoxy) is 1. The SMILES string of the molecule is CN=C(NCCCOc1ccccc1)NCc1ccco1. The molecule has 1 heterocycles. The quantitative estimate of drug-likeness (QED) is 0.466. The predicted molar refractivity (Wildman–Crippen MR) is 83.5 cm³/mol. The minimum Gasteiger partial charge on any atom is -0.494 e. The van der Waals surface area contributed by atoms with E-state index in [1.165, 1.54) is 0 Å². The summed E-state index contributed by atoms with van der Waals surface area (Å²) in [6.45, 7) is 2.09. The van der Waals surface area contributed by atoms with E-state index in [0.29, 0.717) is 13.2 Å². The fourth-order valence-electron chi connectivity index (χ4n) is 1.79. The molecule has 0 saturated heterocycles. The third kappa shape index (κ3) is 5.60. The van der Waals surface area contributed by atoms with E-state index >= 15 is 0 Å². The molecule has 5 nitrogen and oxygen atoms in total. The smallest absolute Gasteiger partial charge is 0.191 e. The van der Waals surface area contributed by atoms with Crippen LogP contribution in [-0.4, -0.2) is 26.2 Å². The van der Waals surface area contributed by atoms with Crippen LogP contribution in [0.3, 0.4) is 0 Å². The molecule has 0 aliphatic heterocycles. The molecule has 0 saturated carbocycles. The van der Waals surface area contributed by atoms with Crippen LogP contribution >= 0.6 is 0 Å². The van der Waals surface area contributed by atoms with Gasteiger partial charge in [-0.05, 0) is 30.7 Å². The maximum Gasteiger partial charge on any atom is 0.191 e. The highest BCUT2D eigenvalue weighted by Gasteiger charge is 1.99. The van der Waals surface area contributed by atoms with Crippen molar-refractivity contribution in [3.8, 4) is 5.75 Å². The normalized spacial score (nSPS) is 11.2. The van der Waals surface area contributed by atoms with Gasteiger partial charge in [-0.3, -0.25) is 4.99 Å². The molecule has 0 aliphatic rings. The Labute approximate surface area is 125 Å². The molecule has 2 aromatic rings. The Morgan fingerprint density at radius 1 is 1.14 bits per heavy atom. The van der Waals surface area contributed by atoms with Crippen molar-refractivity contribution in [1.82, 2.24) is 10.6 Å². The Morgan fingerprint density at radius 3 is 2.71 bits per heavy atom. The van der Waals surface area contributed by atoms with Crippen LogP contribution in [0, 0.1) is 0 Å². The van der Waals surface area contributed by atoms with E-state index < -0.39 is 0 Å². The van der Waals surface area contributed by atoms with Gasteiger partial charge in [-0.15, -0.1) is 0 Å². The van der Waals surface area contributed by atoms with Gasteiger partial charge >= 0.3 is 0 Å². The number of guanidine groups is 1. The zero-order chi connectivity index (χ0) is 14.8. The molecule has 112 valence electrons. The van der Waals surface area contributed by atoms with Crippen LogP contribution in [0.25, 0.3) is 0 Å². The van der Waals surface area contributed by atoms with Gasteiger partial charge in [0.15, 0.2) is 5.96 Å². The van der Waals surface area contributed by atoms with Crippen molar-refractivity contribution in [2.75, 3.05) is 20.2 Å². The Hall–Kier alpha value is -2.43. The first-order valence-electron chi connectivity index (χ1n) is 7.03. The third-order valence-electron chi connectivity index (χ3n) is 2.86. The van der Waals surface area contributed by atoms with Gasteiger partial charge in [0, 0.05) is 13.6 Å². The van der Waals surface area contributed by atoms with Gasteiger partial charge in [0.2, 0.25) is 0 Å². The van der Waals surface area contributed by atoms with E-state index in [1.54, 1.807) is 13.3 Å². The fraction of sp³-hybridized carbons (Fsp3) is 0.312. The molecule has 0 bridgehead atoms. The zero-order valence-electron chi connectivity index (χ0n) is 12.2. The van der Waals surface area contributed by atoms with Crippen LogP contribution in [0.5, 0.6) is 5.75 Å². The highest BCUT2D eigenvalue weighted by Crippen LogP contribution is 2.07. The molecular formula is C16H21N3O2. The monoisotopic (exact) mass is 287 g/mol. The third-order valence-corrected chi connectivity index (χ3v) is 2.86. The predicted octanol–water partition coefficient (Wildman–Crippen LogP) is 2.41. The van der Waals surface area contributed by atoms with Crippen LogP contribution in [0.4, 0.5) is 0 Å². The molecule has 5 heteroatoms. The molecular weight excluding hydrogens is 266 g/mol. The van der Waals surface area contributed by atoms with E-state index in [1.807, 2.05) is 42.5 Å². The molecule has 0 atom stereocenters. The summed E-state index contributed by atoms with van der Waals surface area (Å²) in [7, 11) is 1.75. The van der Waals surface area contributed by atoms with E-state index in [0.717, 1.165) is 30.4 Å². The highest BCUT2D eigenvalue weighted by atomic mass is 16.5. The number of hydrogen-bond acceptors (Lipinski definition) is 3. The summed E-state index contributed by atoms with van der Waals surface area (Å²) in [5.41, 5.74) is 0. The topological polar surface area (TPSA) is 58.8 Å². The van der Waals surface area contributed by atoms with Gasteiger partial charge in [-0.1, -0.05) is 18.2 Å². The molecule has 1 aromatic heterocycles. The molecule has 0 spiro atoms. The van der Waals surface area contributed by atoms with Gasteiger partial charge in [-0.25, -0.2) is 0 Å². The lowest BCUT2D eigenvalue weighted by molar-refractivity contribution is 0.311. The van der Waals surface area contributed by atoms with Gasteiger partial charge < -0.3 is 19.8 Å². The summed E-state index contributed by atoms with van der Waals surface area (Å²) in [4.78, 5) is 4.16. The number of benzene rings is 1. The first-order valence-corrected chi connectivity index (χ1v) is 7.03. The number of nitrogens with one attached hydrogen (secondary N) is 2. The van der Waals surface area contributed by atoms with Gasteiger partial charge in [0.05, 0.1) is 19.4 Å². The summed E-state index contributed by atoms with van der Waals surface area (Å²) in [6.07, 6.45) is 2.56. The van der Waals surface area contributed by atoms with Crippen molar-refractivity contribution in [3.05, 3.63) is 54.5 Å². The lowest BCUT2D eigenvalue weighted by Crippen LogP contribution is -2.37. The fourth-order valence-corrected chi connectivity index (χ4v) is 1.79. The van der Waals surface area contributed by atoms with E-state index in [9.17, 15) is 0 Å². The summed E-state index contributed by atoms with van der Waals surface area (Å²) >= 11 is 0. The van der Waals surface area contributed by atoms with Gasteiger partial charge in [0.1, 0.15) is 11.5 Å². The maximum absolute atomic E-state index is 5.63. The number of furan rings is 1. The maximum atomic E-state index is 5.63. The summed E-state index contributed by atoms with van der Waals surface area (Å²) in [5.74, 6) is 2.54. The largest absolute Gasteiger partial charge is 0.494 e. The van der Waals surface area contributed by atoms with Crippen molar-refractivity contribution in [1.29, 1.82) is 0 Å². The molecule has 0 radical (unpaired) electrons. The Bertz CT molecular complexity index is 524. The lowest BCUT2D eigenvalue weighted by Gasteiger charge is -2.11. The molecule has 0 unspecified atom stereocenters. The first-order chi connectivity index (χ1) is 10.4. The Balaban J connectivity index is 1.58. The lowest BCUT2D eigenvalue weighted by atomic mass is 10.3. The number of para-hydroxylation sites is 1. The van der Waals surface area contributed by atoms with E-state index in [-0.39, 0.29) is 0 Å². The molecule has 0 amide bonds. The Morgan fingerprint density at radius 2 is 2.00 bits per heavy atom. The average Bonchev–Trinajstić information content (AvgIpc) is 3.04. The van der Waals surface area contributed by atoms with Crippen LogP contribution in [0.15, 0.2) is 58.1 Å². The molecule has 2 N–H and O–H groups in total. The molecule has 21 heavy (non-hydrogen) atoms. The van der Waals surface area contributed by atoms with Crippen molar-refractivity contribution in [2.45, 2.75) is 13.0 Å². The summed E-state index contributed by atoms with van der Waals surface area (Å²) in [5, 5.41) is 6.42. The second kappa shape index (κ2) is 8.68. The summed E-state index contributed by atoms with van der Waals surface area (Å²) < 4.78 is 10.9. The van der Waals surface area contributed by atoms with Crippen LogP contribution in [-0.2, 0) is 6.54 Å². The zero-order valence-corrected chi connectivity index (χ0v) is 12.2. The van der Waals surface area contributed by atoms with Gasteiger partial charge in [0.25, 0.3) is 0 Å². The molecule has 0 aliphatic carbocycles. The van der Waals surface area contributed by atoms with E-state index in [2.05, 4.69) is 15.6 Å².